The normalized spacial score (nSPS) is 13.8. The minimum atomic E-state index is -0.292. The summed E-state index contributed by atoms with van der Waals surface area (Å²) < 4.78 is 13.2. The van der Waals surface area contributed by atoms with E-state index < -0.39 is 0 Å². The highest BCUT2D eigenvalue weighted by Crippen LogP contribution is 2.38. The number of rotatable bonds is 4. The molecule has 2 aromatic rings. The number of aryl methyl sites for hydroxylation is 1. The average molecular weight is 392 g/mol. The van der Waals surface area contributed by atoms with Crippen molar-refractivity contribution in [3.05, 3.63) is 31.3 Å². The van der Waals surface area contributed by atoms with E-state index in [1.165, 1.54) is 11.3 Å². The lowest BCUT2D eigenvalue weighted by Crippen LogP contribution is -2.25. The summed E-state index contributed by atoms with van der Waals surface area (Å²) in [4.78, 5) is 14.4. The largest absolute Gasteiger partial charge is 0.365 e. The van der Waals surface area contributed by atoms with E-state index in [4.69, 9.17) is 9.26 Å². The number of aromatic amines is 1. The number of fused-ring (bicyclic) bond motifs is 1. The number of nitrogens with one attached hydrogen (secondary N) is 1. The molecule has 0 bridgehead atoms. The highest BCUT2D eigenvalue weighted by Gasteiger charge is 2.25. The maximum Gasteiger partial charge on any atom is 0.305 e. The first kappa shape index (κ1) is 17.1. The Morgan fingerprint density at radius 2 is 2.14 bits per heavy atom. The van der Waals surface area contributed by atoms with Gasteiger partial charge in [0.05, 0.1) is 22.4 Å². The molecule has 1 N–H and O–H groups in total. The summed E-state index contributed by atoms with van der Waals surface area (Å²) in [5.41, 5.74) is 2.63. The van der Waals surface area contributed by atoms with E-state index in [2.05, 4.69) is 30.4 Å². The second-order valence-corrected chi connectivity index (χ2v) is 7.97. The second-order valence-electron chi connectivity index (χ2n) is 5.86. The maximum atomic E-state index is 11.6. The molecule has 0 aliphatic carbocycles. The highest BCUT2D eigenvalue weighted by molar-refractivity contribution is 9.10. The third kappa shape index (κ3) is 3.93. The monoisotopic (exact) mass is 391 g/mol. The molecule has 2 atom stereocenters. The first-order chi connectivity index (χ1) is 9.73. The molecule has 0 radical (unpaired) electrons. The van der Waals surface area contributed by atoms with Crippen LogP contribution in [0.15, 0.2) is 15.3 Å². The van der Waals surface area contributed by atoms with Gasteiger partial charge in [0.2, 0.25) is 0 Å². The number of hydrogen-bond donors (Lipinski definition) is 1. The summed E-state index contributed by atoms with van der Waals surface area (Å²) in [5.74, 6) is 0. The molecule has 0 aliphatic heterocycles. The Morgan fingerprint density at radius 3 is 2.71 bits per heavy atom. The van der Waals surface area contributed by atoms with Gasteiger partial charge in [0, 0.05) is 19.5 Å². The van der Waals surface area contributed by atoms with Crippen molar-refractivity contribution >= 4 is 47.0 Å². The maximum absolute atomic E-state index is 11.6. The van der Waals surface area contributed by atoms with Crippen molar-refractivity contribution in [2.75, 3.05) is 6.61 Å². The smallest absolute Gasteiger partial charge is 0.305 e. The van der Waals surface area contributed by atoms with Crippen molar-refractivity contribution in [3.63, 3.8) is 0 Å². The molecule has 0 fully saturated rings. The quantitative estimate of drug-likeness (QED) is 0.789. The molecule has 1 heterocycles. The summed E-state index contributed by atoms with van der Waals surface area (Å²) in [6.45, 7) is 8.47. The van der Waals surface area contributed by atoms with Gasteiger partial charge in [0.1, 0.15) is 6.10 Å². The summed E-state index contributed by atoms with van der Waals surface area (Å²) in [5, 5.41) is 0. The van der Waals surface area contributed by atoms with Crippen LogP contribution in [-0.2, 0) is 9.26 Å². The summed E-state index contributed by atoms with van der Waals surface area (Å²) >= 11 is 4.83. The molecule has 0 saturated heterocycles. The molecule has 0 amide bonds. The molecule has 0 aliphatic rings. The van der Waals surface area contributed by atoms with Crippen molar-refractivity contribution < 1.29 is 9.26 Å². The van der Waals surface area contributed by atoms with Crippen LogP contribution >= 0.6 is 36.7 Å². The van der Waals surface area contributed by atoms with E-state index in [-0.39, 0.29) is 16.6 Å². The molecule has 2 rings (SSSR count). The Kier molecular flexibility index (Phi) is 5.27. The minimum absolute atomic E-state index is 0.0576. The Morgan fingerprint density at radius 1 is 1.48 bits per heavy atom. The highest BCUT2D eigenvalue weighted by atomic mass is 79.9. The van der Waals surface area contributed by atoms with E-state index in [0.29, 0.717) is 6.61 Å². The van der Waals surface area contributed by atoms with Crippen LogP contribution in [0.5, 0.6) is 0 Å². The van der Waals surface area contributed by atoms with Gasteiger partial charge in [0.25, 0.3) is 0 Å². The molecule has 0 spiro atoms. The molecular formula is C14H19BrNO3PS. The van der Waals surface area contributed by atoms with Gasteiger partial charge >= 0.3 is 4.87 Å². The standard InChI is InChI=1S/C14H19BrNO3PS/c1-7-5-8-12(21-13(17)16-8)11(15)10(7)9(6-18-20)19-14(2,3)4/h5,9H,6,20H2,1-4H3,(H,16,17)/t9-/m1/s1. The number of thiazole rings is 1. The van der Waals surface area contributed by atoms with Gasteiger partial charge < -0.3 is 14.2 Å². The van der Waals surface area contributed by atoms with E-state index in [0.717, 1.165) is 25.8 Å². The van der Waals surface area contributed by atoms with Gasteiger partial charge in [-0.2, -0.15) is 0 Å². The lowest BCUT2D eigenvalue weighted by molar-refractivity contribution is -0.0766. The molecule has 21 heavy (non-hydrogen) atoms. The number of aromatic nitrogens is 1. The molecule has 116 valence electrons. The minimum Gasteiger partial charge on any atom is -0.365 e. The fourth-order valence-corrected chi connectivity index (χ4v) is 4.25. The number of benzene rings is 1. The predicted molar refractivity (Wildman–Crippen MR) is 94.1 cm³/mol. The van der Waals surface area contributed by atoms with Gasteiger partial charge in [-0.25, -0.2) is 0 Å². The van der Waals surface area contributed by atoms with Crippen LogP contribution in [0, 0.1) is 6.92 Å². The molecule has 4 nitrogen and oxygen atoms in total. The lowest BCUT2D eigenvalue weighted by Gasteiger charge is -2.29. The Labute approximate surface area is 138 Å². The summed E-state index contributed by atoms with van der Waals surface area (Å²) in [6, 6.07) is 1.98. The fourth-order valence-electron chi connectivity index (χ4n) is 2.28. The van der Waals surface area contributed by atoms with Crippen LogP contribution in [0.25, 0.3) is 10.2 Å². The van der Waals surface area contributed by atoms with Crippen LogP contribution in [0.4, 0.5) is 0 Å². The fraction of sp³-hybridized carbons (Fsp3) is 0.500. The van der Waals surface area contributed by atoms with Crippen molar-refractivity contribution in [2.45, 2.75) is 39.4 Å². The van der Waals surface area contributed by atoms with Gasteiger partial charge in [-0.05, 0) is 55.3 Å². The van der Waals surface area contributed by atoms with Crippen LogP contribution in [0.1, 0.15) is 38.0 Å². The molecule has 1 aromatic carbocycles. The van der Waals surface area contributed by atoms with Crippen molar-refractivity contribution in [1.82, 2.24) is 4.98 Å². The molecule has 7 heteroatoms. The Hall–Kier alpha value is -0.260. The van der Waals surface area contributed by atoms with E-state index in [9.17, 15) is 4.79 Å². The van der Waals surface area contributed by atoms with E-state index in [1.54, 1.807) is 0 Å². The van der Waals surface area contributed by atoms with Crippen molar-refractivity contribution in [3.8, 4) is 0 Å². The molecule has 1 aromatic heterocycles. The van der Waals surface area contributed by atoms with E-state index >= 15 is 0 Å². The molecule has 1 unspecified atom stereocenters. The zero-order valence-corrected chi connectivity index (χ0v) is 16.0. The Bertz CT molecular complexity index is 705. The van der Waals surface area contributed by atoms with Gasteiger partial charge in [-0.3, -0.25) is 4.79 Å². The number of H-pyrrole nitrogens is 1. The zero-order valence-electron chi connectivity index (χ0n) is 12.5. The second kappa shape index (κ2) is 6.47. The summed E-state index contributed by atoms with van der Waals surface area (Å²) in [7, 11) is 2.26. The third-order valence-electron chi connectivity index (χ3n) is 2.96. The topological polar surface area (TPSA) is 51.3 Å². The van der Waals surface area contributed by atoms with Gasteiger partial charge in [-0.15, -0.1) is 0 Å². The Balaban J connectivity index is 2.58. The number of halogens is 1. The lowest BCUT2D eigenvalue weighted by atomic mass is 10.0. The van der Waals surface area contributed by atoms with Crippen molar-refractivity contribution in [2.24, 2.45) is 0 Å². The third-order valence-corrected chi connectivity index (χ3v) is 5.16. The van der Waals surface area contributed by atoms with Gasteiger partial charge in [-0.1, -0.05) is 11.3 Å². The van der Waals surface area contributed by atoms with Crippen LogP contribution < -0.4 is 4.87 Å². The zero-order chi connectivity index (χ0) is 15.8. The number of hydrogen-bond acceptors (Lipinski definition) is 4. The van der Waals surface area contributed by atoms with Crippen molar-refractivity contribution in [1.29, 1.82) is 0 Å². The van der Waals surface area contributed by atoms with E-state index in [1.807, 2.05) is 33.8 Å². The summed E-state index contributed by atoms with van der Waals surface area (Å²) in [6.07, 6.45) is -0.210. The SMILES string of the molecule is Cc1cc2[nH]c(=O)sc2c(Br)c1[C@@H](COP)OC(C)(C)C. The van der Waals surface area contributed by atoms with Gasteiger partial charge in [0.15, 0.2) is 0 Å². The molecule has 0 saturated carbocycles. The van der Waals surface area contributed by atoms with Crippen LogP contribution in [-0.4, -0.2) is 17.2 Å². The van der Waals surface area contributed by atoms with Crippen LogP contribution in [0.3, 0.4) is 0 Å². The predicted octanol–water partition coefficient (Wildman–Crippen LogP) is 4.32. The van der Waals surface area contributed by atoms with Crippen LogP contribution in [0.2, 0.25) is 0 Å². The molecular weight excluding hydrogens is 373 g/mol. The first-order valence-electron chi connectivity index (χ1n) is 6.54. The average Bonchev–Trinajstić information content (AvgIpc) is 2.68. The number of ether oxygens (including phenoxy) is 1. The first-order valence-corrected chi connectivity index (χ1v) is 8.62.